The van der Waals surface area contributed by atoms with Crippen LogP contribution in [0.1, 0.15) is 19.3 Å². The highest BCUT2D eigenvalue weighted by Gasteiger charge is 2.32. The molecule has 17 heavy (non-hydrogen) atoms. The van der Waals surface area contributed by atoms with Gasteiger partial charge in [-0.2, -0.15) is 0 Å². The fourth-order valence-corrected chi connectivity index (χ4v) is 2.42. The van der Waals surface area contributed by atoms with Crippen molar-refractivity contribution in [1.29, 1.82) is 0 Å². The molecule has 3 nitrogen and oxygen atoms in total. The smallest absolute Gasteiger partial charge is 0.223 e. The number of para-hydroxylation sites is 1. The minimum atomic E-state index is 0.268. The Morgan fingerprint density at radius 1 is 1.18 bits per heavy atom. The molecule has 90 valence electrons. The molecule has 1 amide bonds. The number of benzene rings is 1. The Hall–Kier alpha value is -1.51. The van der Waals surface area contributed by atoms with Crippen LogP contribution < -0.4 is 10.2 Å². The van der Waals surface area contributed by atoms with Crippen LogP contribution in [-0.2, 0) is 4.79 Å². The molecule has 1 aromatic rings. The second kappa shape index (κ2) is 4.40. The van der Waals surface area contributed by atoms with Crippen LogP contribution in [0.4, 0.5) is 5.69 Å². The van der Waals surface area contributed by atoms with E-state index in [0.29, 0.717) is 12.0 Å². The van der Waals surface area contributed by atoms with Gasteiger partial charge in [-0.1, -0.05) is 18.2 Å². The number of amides is 1. The fraction of sp³-hybridized carbons (Fsp3) is 0.500. The first-order valence-corrected chi connectivity index (χ1v) is 6.43. The quantitative estimate of drug-likeness (QED) is 0.858. The molecular formula is C14H18N2O. The lowest BCUT2D eigenvalue weighted by Gasteiger charge is -2.18. The third-order valence-electron chi connectivity index (χ3n) is 3.60. The number of nitrogens with zero attached hydrogens (tertiary/aromatic N) is 1. The van der Waals surface area contributed by atoms with Crippen molar-refractivity contribution in [3.63, 3.8) is 0 Å². The lowest BCUT2D eigenvalue weighted by Crippen LogP contribution is -2.37. The van der Waals surface area contributed by atoms with Gasteiger partial charge in [0.2, 0.25) is 5.91 Å². The van der Waals surface area contributed by atoms with E-state index in [1.807, 2.05) is 6.07 Å². The summed E-state index contributed by atoms with van der Waals surface area (Å²) in [5.74, 6) is 0.589. The topological polar surface area (TPSA) is 32.3 Å². The van der Waals surface area contributed by atoms with Gasteiger partial charge in [0.05, 0.1) is 0 Å². The normalized spacial score (nSPS) is 23.8. The summed E-state index contributed by atoms with van der Waals surface area (Å²) in [4.78, 5) is 14.0. The molecule has 2 fully saturated rings. The second-order valence-electron chi connectivity index (χ2n) is 5.05. The van der Waals surface area contributed by atoms with Crippen LogP contribution >= 0.6 is 0 Å². The molecule has 1 aromatic carbocycles. The third kappa shape index (κ3) is 2.43. The van der Waals surface area contributed by atoms with Crippen LogP contribution in [0, 0.1) is 5.92 Å². The van der Waals surface area contributed by atoms with Crippen molar-refractivity contribution >= 4 is 11.6 Å². The molecule has 1 atom stereocenters. The molecule has 1 aliphatic carbocycles. The predicted octanol–water partition coefficient (Wildman–Crippen LogP) is 1.79. The number of carbonyl (C=O) groups excluding carboxylic acids is 1. The van der Waals surface area contributed by atoms with E-state index in [2.05, 4.69) is 34.5 Å². The molecule has 0 bridgehead atoms. The molecule has 1 aliphatic heterocycles. The fourth-order valence-electron chi connectivity index (χ4n) is 2.42. The minimum absolute atomic E-state index is 0.268. The average Bonchev–Trinajstić information content (AvgIpc) is 3.12. The van der Waals surface area contributed by atoms with Gasteiger partial charge in [0.1, 0.15) is 0 Å². The Morgan fingerprint density at radius 2 is 1.94 bits per heavy atom. The first-order chi connectivity index (χ1) is 8.33. The van der Waals surface area contributed by atoms with Gasteiger partial charge in [0.25, 0.3) is 0 Å². The Balaban J connectivity index is 1.56. The summed E-state index contributed by atoms with van der Waals surface area (Å²) in [7, 11) is 0. The van der Waals surface area contributed by atoms with Crippen molar-refractivity contribution in [2.24, 2.45) is 5.92 Å². The second-order valence-corrected chi connectivity index (χ2v) is 5.05. The molecule has 0 radical (unpaired) electrons. The van der Waals surface area contributed by atoms with E-state index >= 15 is 0 Å². The lowest BCUT2D eigenvalue weighted by atomic mass is 10.2. The van der Waals surface area contributed by atoms with Crippen molar-refractivity contribution in [2.75, 3.05) is 18.0 Å². The summed E-state index contributed by atoms with van der Waals surface area (Å²) >= 11 is 0. The molecule has 2 aliphatic rings. The van der Waals surface area contributed by atoms with Gasteiger partial charge in [-0.05, 0) is 31.4 Å². The number of rotatable bonds is 3. The lowest BCUT2D eigenvalue weighted by molar-refractivity contribution is -0.122. The van der Waals surface area contributed by atoms with Gasteiger partial charge < -0.3 is 10.2 Å². The molecular weight excluding hydrogens is 212 g/mol. The van der Waals surface area contributed by atoms with Crippen molar-refractivity contribution in [1.82, 2.24) is 5.32 Å². The standard InChI is InChI=1S/C14H18N2O/c17-14(11-6-7-11)15-12-8-9-16(10-12)13-4-2-1-3-5-13/h1-5,11-12H,6-10H2,(H,15,17). The van der Waals surface area contributed by atoms with Crippen LogP contribution in [-0.4, -0.2) is 25.0 Å². The maximum Gasteiger partial charge on any atom is 0.223 e. The summed E-state index contributed by atoms with van der Waals surface area (Å²) in [5.41, 5.74) is 1.26. The van der Waals surface area contributed by atoms with Crippen LogP contribution in [0.15, 0.2) is 30.3 Å². The molecule has 1 heterocycles. The van der Waals surface area contributed by atoms with Crippen LogP contribution in [0.2, 0.25) is 0 Å². The third-order valence-corrected chi connectivity index (χ3v) is 3.60. The van der Waals surface area contributed by atoms with Crippen molar-refractivity contribution < 1.29 is 4.79 Å². The van der Waals surface area contributed by atoms with E-state index in [-0.39, 0.29) is 5.91 Å². The summed E-state index contributed by atoms with van der Waals surface area (Å²) in [6.45, 7) is 1.99. The largest absolute Gasteiger partial charge is 0.369 e. The number of anilines is 1. The zero-order valence-electron chi connectivity index (χ0n) is 9.93. The van der Waals surface area contributed by atoms with Gasteiger partial charge in [-0.25, -0.2) is 0 Å². The Bertz CT molecular complexity index is 400. The first-order valence-electron chi connectivity index (χ1n) is 6.43. The van der Waals surface area contributed by atoms with Crippen LogP contribution in [0.3, 0.4) is 0 Å². The minimum Gasteiger partial charge on any atom is -0.369 e. The van der Waals surface area contributed by atoms with E-state index in [9.17, 15) is 4.79 Å². The molecule has 3 heteroatoms. The molecule has 1 N–H and O–H groups in total. The molecule has 3 rings (SSSR count). The number of hydrogen-bond donors (Lipinski definition) is 1. The van der Waals surface area contributed by atoms with E-state index in [4.69, 9.17) is 0 Å². The Morgan fingerprint density at radius 3 is 2.65 bits per heavy atom. The number of hydrogen-bond acceptors (Lipinski definition) is 2. The summed E-state index contributed by atoms with van der Waals surface area (Å²) < 4.78 is 0. The number of carbonyl (C=O) groups is 1. The summed E-state index contributed by atoms with van der Waals surface area (Å²) in [6.07, 6.45) is 3.23. The molecule has 1 saturated heterocycles. The molecule has 1 unspecified atom stereocenters. The first kappa shape index (κ1) is 10.6. The van der Waals surface area contributed by atoms with Gasteiger partial charge in [0, 0.05) is 30.7 Å². The van der Waals surface area contributed by atoms with E-state index < -0.39 is 0 Å². The van der Waals surface area contributed by atoms with Crippen molar-refractivity contribution in [2.45, 2.75) is 25.3 Å². The molecule has 0 spiro atoms. The zero-order chi connectivity index (χ0) is 11.7. The molecule has 1 saturated carbocycles. The van der Waals surface area contributed by atoms with Crippen molar-refractivity contribution in [3.05, 3.63) is 30.3 Å². The van der Waals surface area contributed by atoms with Gasteiger partial charge in [-0.3, -0.25) is 4.79 Å². The Labute approximate surface area is 102 Å². The predicted molar refractivity (Wildman–Crippen MR) is 67.9 cm³/mol. The maximum absolute atomic E-state index is 11.7. The van der Waals surface area contributed by atoms with Gasteiger partial charge in [0.15, 0.2) is 0 Å². The van der Waals surface area contributed by atoms with E-state index in [1.165, 1.54) is 5.69 Å². The van der Waals surface area contributed by atoms with E-state index in [1.54, 1.807) is 0 Å². The monoisotopic (exact) mass is 230 g/mol. The van der Waals surface area contributed by atoms with Crippen LogP contribution in [0.5, 0.6) is 0 Å². The van der Waals surface area contributed by atoms with Crippen LogP contribution in [0.25, 0.3) is 0 Å². The number of nitrogens with one attached hydrogen (secondary N) is 1. The maximum atomic E-state index is 11.7. The Kier molecular flexibility index (Phi) is 2.75. The molecule has 0 aromatic heterocycles. The van der Waals surface area contributed by atoms with Gasteiger partial charge in [-0.15, -0.1) is 0 Å². The zero-order valence-corrected chi connectivity index (χ0v) is 9.93. The van der Waals surface area contributed by atoms with E-state index in [0.717, 1.165) is 32.4 Å². The highest BCUT2D eigenvalue weighted by atomic mass is 16.2. The summed E-state index contributed by atoms with van der Waals surface area (Å²) in [5, 5.41) is 3.16. The highest BCUT2D eigenvalue weighted by molar-refractivity contribution is 5.81. The van der Waals surface area contributed by atoms with Gasteiger partial charge >= 0.3 is 0 Å². The van der Waals surface area contributed by atoms with Crippen molar-refractivity contribution in [3.8, 4) is 0 Å². The SMILES string of the molecule is O=C(NC1CCN(c2ccccc2)C1)C1CC1. The highest BCUT2D eigenvalue weighted by Crippen LogP contribution is 2.29. The summed E-state index contributed by atoms with van der Waals surface area (Å²) in [6, 6.07) is 10.8. The average molecular weight is 230 g/mol.